The van der Waals surface area contributed by atoms with Crippen molar-refractivity contribution < 1.29 is 4.74 Å². The zero-order valence-electron chi connectivity index (χ0n) is 13.5. The van der Waals surface area contributed by atoms with E-state index in [-0.39, 0.29) is 0 Å². The van der Waals surface area contributed by atoms with Crippen LogP contribution in [0.1, 0.15) is 18.4 Å². The highest BCUT2D eigenvalue weighted by molar-refractivity contribution is 6.30. The summed E-state index contributed by atoms with van der Waals surface area (Å²) in [5.41, 5.74) is 2.41. The zero-order valence-corrected chi connectivity index (χ0v) is 14.2. The van der Waals surface area contributed by atoms with Crippen LogP contribution in [-0.4, -0.2) is 26.2 Å². The molecule has 4 heteroatoms. The summed E-state index contributed by atoms with van der Waals surface area (Å²) in [6, 6.07) is 16.8. The van der Waals surface area contributed by atoms with Crippen molar-refractivity contribution in [2.75, 3.05) is 25.1 Å². The molecule has 0 aliphatic carbocycles. The zero-order chi connectivity index (χ0) is 16.1. The van der Waals surface area contributed by atoms with Crippen LogP contribution in [0.4, 0.5) is 5.69 Å². The predicted molar refractivity (Wildman–Crippen MR) is 96.5 cm³/mol. The van der Waals surface area contributed by atoms with E-state index in [9.17, 15) is 0 Å². The van der Waals surface area contributed by atoms with Crippen LogP contribution in [0.5, 0.6) is 5.75 Å². The van der Waals surface area contributed by atoms with E-state index in [4.69, 9.17) is 16.3 Å². The summed E-state index contributed by atoms with van der Waals surface area (Å²) >= 11 is 6.12. The van der Waals surface area contributed by atoms with Gasteiger partial charge < -0.3 is 15.0 Å². The van der Waals surface area contributed by atoms with Crippen LogP contribution >= 0.6 is 11.6 Å². The third-order valence-electron chi connectivity index (χ3n) is 4.37. The van der Waals surface area contributed by atoms with E-state index >= 15 is 0 Å². The lowest BCUT2D eigenvalue weighted by atomic mass is 10.0. The van der Waals surface area contributed by atoms with Crippen LogP contribution in [0, 0.1) is 0 Å². The number of hydrogen-bond donors (Lipinski definition) is 1. The molecule has 2 aromatic rings. The first-order valence-corrected chi connectivity index (χ1v) is 8.50. The fraction of sp³-hybridized carbons (Fsp3) is 0.368. The van der Waals surface area contributed by atoms with Gasteiger partial charge in [0.05, 0.1) is 7.11 Å². The average molecular weight is 331 g/mol. The smallest absolute Gasteiger partial charge is 0.123 e. The maximum absolute atomic E-state index is 6.12. The van der Waals surface area contributed by atoms with Crippen molar-refractivity contribution in [1.29, 1.82) is 0 Å². The van der Waals surface area contributed by atoms with E-state index in [0.29, 0.717) is 6.04 Å². The molecule has 0 spiro atoms. The number of ether oxygens (including phenoxy) is 1. The Hall–Kier alpha value is -1.71. The second kappa shape index (κ2) is 7.71. The molecule has 2 aromatic carbocycles. The van der Waals surface area contributed by atoms with Crippen LogP contribution in [0.2, 0.25) is 5.02 Å². The summed E-state index contributed by atoms with van der Waals surface area (Å²) in [6.07, 6.45) is 2.39. The Morgan fingerprint density at radius 2 is 2.09 bits per heavy atom. The van der Waals surface area contributed by atoms with Gasteiger partial charge in [0.2, 0.25) is 0 Å². The first-order chi connectivity index (χ1) is 11.3. The van der Waals surface area contributed by atoms with Crippen molar-refractivity contribution >= 4 is 17.3 Å². The van der Waals surface area contributed by atoms with Gasteiger partial charge in [0.1, 0.15) is 5.75 Å². The number of nitrogens with one attached hydrogen (secondary N) is 1. The van der Waals surface area contributed by atoms with E-state index < -0.39 is 0 Å². The van der Waals surface area contributed by atoms with Gasteiger partial charge >= 0.3 is 0 Å². The van der Waals surface area contributed by atoms with Gasteiger partial charge in [0.15, 0.2) is 0 Å². The third kappa shape index (κ3) is 4.18. The number of methoxy groups -OCH3 is 1. The molecule has 0 saturated carbocycles. The van der Waals surface area contributed by atoms with E-state index in [1.165, 1.54) is 24.1 Å². The lowest BCUT2D eigenvalue weighted by Gasteiger charge is -2.35. The fourth-order valence-electron chi connectivity index (χ4n) is 3.15. The highest BCUT2D eigenvalue weighted by Gasteiger charge is 2.20. The number of hydrogen-bond acceptors (Lipinski definition) is 3. The van der Waals surface area contributed by atoms with Gasteiger partial charge in [0.25, 0.3) is 0 Å². The van der Waals surface area contributed by atoms with Crippen LogP contribution < -0.4 is 15.0 Å². The summed E-state index contributed by atoms with van der Waals surface area (Å²) in [4.78, 5) is 2.41. The van der Waals surface area contributed by atoms with E-state index in [0.717, 1.165) is 30.4 Å². The van der Waals surface area contributed by atoms with Crippen molar-refractivity contribution in [3.8, 4) is 5.75 Å². The molecule has 1 saturated heterocycles. The molecule has 1 aliphatic rings. The number of para-hydroxylation sites is 1. The van der Waals surface area contributed by atoms with Crippen LogP contribution in [0.25, 0.3) is 0 Å². The average Bonchev–Trinajstić information content (AvgIpc) is 2.60. The van der Waals surface area contributed by atoms with Gasteiger partial charge in [-0.15, -0.1) is 0 Å². The third-order valence-corrected chi connectivity index (χ3v) is 4.60. The number of rotatable bonds is 5. The number of benzene rings is 2. The normalized spacial score (nSPS) is 18.0. The first kappa shape index (κ1) is 16.2. The minimum atomic E-state index is 0.479. The molecule has 122 valence electrons. The summed E-state index contributed by atoms with van der Waals surface area (Å²) in [7, 11) is 1.72. The molecule has 0 radical (unpaired) electrons. The summed E-state index contributed by atoms with van der Waals surface area (Å²) in [5, 5.41) is 4.47. The maximum atomic E-state index is 6.12. The molecule has 0 amide bonds. The highest BCUT2D eigenvalue weighted by atomic mass is 35.5. The fourth-order valence-corrected chi connectivity index (χ4v) is 3.34. The van der Waals surface area contributed by atoms with Crippen molar-refractivity contribution in [2.24, 2.45) is 0 Å². The maximum Gasteiger partial charge on any atom is 0.123 e. The predicted octanol–water partition coefficient (Wildman–Crippen LogP) is 4.11. The first-order valence-electron chi connectivity index (χ1n) is 8.12. The molecule has 1 N–H and O–H groups in total. The molecule has 1 aliphatic heterocycles. The van der Waals surface area contributed by atoms with Crippen molar-refractivity contribution in [3.63, 3.8) is 0 Å². The van der Waals surface area contributed by atoms with Crippen molar-refractivity contribution in [1.82, 2.24) is 5.32 Å². The number of nitrogens with zero attached hydrogens (tertiary/aromatic N) is 1. The topological polar surface area (TPSA) is 24.5 Å². The summed E-state index contributed by atoms with van der Waals surface area (Å²) in [5.74, 6) is 0.947. The SMILES string of the molecule is COc1ccccc1CNC1CCCN(c2cccc(Cl)c2)C1. The van der Waals surface area contributed by atoms with E-state index in [1.54, 1.807) is 7.11 Å². The second-order valence-corrected chi connectivity index (χ2v) is 6.39. The van der Waals surface area contributed by atoms with Crippen LogP contribution in [-0.2, 0) is 6.54 Å². The Morgan fingerprint density at radius 1 is 1.22 bits per heavy atom. The minimum Gasteiger partial charge on any atom is -0.496 e. The monoisotopic (exact) mass is 330 g/mol. The van der Waals surface area contributed by atoms with Gasteiger partial charge in [-0.1, -0.05) is 35.9 Å². The van der Waals surface area contributed by atoms with Gasteiger partial charge in [-0.05, 0) is 37.1 Å². The second-order valence-electron chi connectivity index (χ2n) is 5.96. The minimum absolute atomic E-state index is 0.479. The standard InChI is InChI=1S/C19H23ClN2O/c1-23-19-10-3-2-6-15(19)13-21-17-8-5-11-22(14-17)18-9-4-7-16(20)12-18/h2-4,6-7,9-10,12,17,21H,5,8,11,13-14H2,1H3. The molecule has 1 fully saturated rings. The van der Waals surface area contributed by atoms with Crippen LogP contribution in [0.15, 0.2) is 48.5 Å². The van der Waals surface area contributed by atoms with Crippen molar-refractivity contribution in [2.45, 2.75) is 25.4 Å². The van der Waals surface area contributed by atoms with Gasteiger partial charge in [-0.25, -0.2) is 0 Å². The molecule has 1 atom stereocenters. The molecule has 0 aromatic heterocycles. The molecular weight excluding hydrogens is 308 g/mol. The molecule has 1 unspecified atom stereocenters. The van der Waals surface area contributed by atoms with E-state index in [2.05, 4.69) is 28.4 Å². The van der Waals surface area contributed by atoms with Crippen LogP contribution in [0.3, 0.4) is 0 Å². The number of anilines is 1. The molecular formula is C19H23ClN2O. The molecule has 3 rings (SSSR count). The van der Waals surface area contributed by atoms with Gasteiger partial charge in [0, 0.05) is 41.9 Å². The summed E-state index contributed by atoms with van der Waals surface area (Å²) < 4.78 is 5.42. The Kier molecular flexibility index (Phi) is 5.42. The van der Waals surface area contributed by atoms with E-state index in [1.807, 2.05) is 30.3 Å². The number of halogens is 1. The Balaban J connectivity index is 1.61. The molecule has 3 nitrogen and oxygen atoms in total. The van der Waals surface area contributed by atoms with Gasteiger partial charge in [-0.3, -0.25) is 0 Å². The summed E-state index contributed by atoms with van der Waals surface area (Å²) in [6.45, 7) is 2.93. The molecule has 1 heterocycles. The quantitative estimate of drug-likeness (QED) is 0.893. The number of piperidine rings is 1. The highest BCUT2D eigenvalue weighted by Crippen LogP contribution is 2.24. The Bertz CT molecular complexity index is 647. The largest absolute Gasteiger partial charge is 0.496 e. The lowest BCUT2D eigenvalue weighted by Crippen LogP contribution is -2.45. The van der Waals surface area contributed by atoms with Crippen molar-refractivity contribution in [3.05, 3.63) is 59.1 Å². The molecule has 0 bridgehead atoms. The lowest BCUT2D eigenvalue weighted by molar-refractivity contribution is 0.394. The Labute approximate surface area is 143 Å². The Morgan fingerprint density at radius 3 is 2.91 bits per heavy atom. The molecule has 23 heavy (non-hydrogen) atoms. The van der Waals surface area contributed by atoms with Gasteiger partial charge in [-0.2, -0.15) is 0 Å².